The van der Waals surface area contributed by atoms with Gasteiger partial charge in [-0.2, -0.15) is 10.4 Å². The van der Waals surface area contributed by atoms with Crippen molar-refractivity contribution in [3.05, 3.63) is 47.2 Å². The molecule has 7 N–H and O–H groups in total. The first-order valence-corrected chi connectivity index (χ1v) is 11.0. The molecule has 33 heavy (non-hydrogen) atoms. The molecule has 1 heterocycles. The van der Waals surface area contributed by atoms with Crippen molar-refractivity contribution in [3.63, 3.8) is 0 Å². The minimum absolute atomic E-state index is 0.0405. The van der Waals surface area contributed by atoms with Gasteiger partial charge in [-0.25, -0.2) is 4.68 Å². The van der Waals surface area contributed by atoms with Crippen molar-refractivity contribution < 1.29 is 20.4 Å². The molecule has 1 aromatic carbocycles. The van der Waals surface area contributed by atoms with Crippen LogP contribution >= 0.6 is 0 Å². The average molecular weight is 450 g/mol. The summed E-state index contributed by atoms with van der Waals surface area (Å²) < 4.78 is 1.43. The second-order valence-corrected chi connectivity index (χ2v) is 9.77. The highest BCUT2D eigenvalue weighted by molar-refractivity contribution is 6.01. The van der Waals surface area contributed by atoms with Crippen LogP contribution in [-0.2, 0) is 16.0 Å². The van der Waals surface area contributed by atoms with Gasteiger partial charge < -0.3 is 16.6 Å². The van der Waals surface area contributed by atoms with Crippen molar-refractivity contribution in [2.24, 2.45) is 10.8 Å². The van der Waals surface area contributed by atoms with E-state index in [1.807, 2.05) is 0 Å². The van der Waals surface area contributed by atoms with Gasteiger partial charge in [0.1, 0.15) is 28.8 Å². The standard InChI is InChI=1S/C24H28N6O3/c1-14(10-31)30-22(27)17(9-25)21(29-30)16-5-3-15(4-6-16)7-19(32)28-20(33)8-18(26)24-11-23(2,12-24)13-24/h3-6,8,14,31H,7,10-13,26-27H2,1-2H3,(H,28,32,33)/p+1/b18-8-. The van der Waals surface area contributed by atoms with Gasteiger partial charge in [0.15, 0.2) is 0 Å². The van der Waals surface area contributed by atoms with Crippen LogP contribution in [-0.4, -0.2) is 33.3 Å². The van der Waals surface area contributed by atoms with Crippen molar-refractivity contribution in [3.8, 4) is 17.3 Å². The normalized spacial score (nSPS) is 24.3. The quantitative estimate of drug-likeness (QED) is 0.462. The van der Waals surface area contributed by atoms with E-state index in [1.54, 1.807) is 31.2 Å². The van der Waals surface area contributed by atoms with E-state index in [2.05, 4.69) is 29.1 Å². The number of allylic oxidation sites excluding steroid dienone is 1. The highest BCUT2D eigenvalue weighted by atomic mass is 16.3. The number of amides is 2. The highest BCUT2D eigenvalue weighted by Gasteiger charge is 2.67. The molecule has 172 valence electrons. The number of nitrogens with two attached hydrogens (primary N) is 1. The first kappa shape index (κ1) is 22.7. The Kier molecular flexibility index (Phi) is 5.60. The molecule has 9 nitrogen and oxygen atoms in total. The Morgan fingerprint density at radius 2 is 2.00 bits per heavy atom. The fourth-order valence-corrected chi connectivity index (χ4v) is 5.30. The molecular formula is C24H29N6O3+. The number of rotatable bonds is 7. The Morgan fingerprint density at radius 1 is 1.36 bits per heavy atom. The number of aliphatic hydroxyl groups excluding tert-OH is 1. The number of benzene rings is 1. The first-order chi connectivity index (χ1) is 15.6. The maximum Gasteiger partial charge on any atom is 0.256 e. The van der Waals surface area contributed by atoms with Gasteiger partial charge in [-0.1, -0.05) is 31.2 Å². The summed E-state index contributed by atoms with van der Waals surface area (Å²) in [5.74, 6) is -0.639. The number of nitrogens with zero attached hydrogens (tertiary/aromatic N) is 3. The lowest BCUT2D eigenvalue weighted by molar-refractivity contribution is -0.367. The van der Waals surface area contributed by atoms with Gasteiger partial charge in [-0.15, -0.1) is 0 Å². The minimum atomic E-state index is -0.436. The number of hydrogen-bond acceptors (Lipinski definition) is 6. The lowest BCUT2D eigenvalue weighted by Crippen LogP contribution is -2.70. The Balaban J connectivity index is 1.39. The van der Waals surface area contributed by atoms with Crippen molar-refractivity contribution in [2.45, 2.75) is 45.6 Å². The summed E-state index contributed by atoms with van der Waals surface area (Å²) >= 11 is 0. The molecule has 3 saturated carbocycles. The molecule has 1 unspecified atom stereocenters. The van der Waals surface area contributed by atoms with E-state index in [1.165, 1.54) is 10.8 Å². The summed E-state index contributed by atoms with van der Waals surface area (Å²) in [6, 6.07) is 8.69. The number of aliphatic hydroxyl groups is 1. The zero-order valence-electron chi connectivity index (χ0n) is 18.9. The minimum Gasteiger partial charge on any atom is -0.394 e. The molecule has 0 aliphatic heterocycles. The largest absolute Gasteiger partial charge is 0.394 e. The van der Waals surface area contributed by atoms with Crippen molar-refractivity contribution in [1.29, 1.82) is 5.26 Å². The summed E-state index contributed by atoms with van der Waals surface area (Å²) in [6.07, 6.45) is 4.70. The summed E-state index contributed by atoms with van der Waals surface area (Å²) in [5.41, 5.74) is 13.4. The average Bonchev–Trinajstić information content (AvgIpc) is 3.06. The van der Waals surface area contributed by atoms with Crippen LogP contribution in [0.3, 0.4) is 0 Å². The highest BCUT2D eigenvalue weighted by Crippen LogP contribution is 2.74. The van der Waals surface area contributed by atoms with Gasteiger partial charge >= 0.3 is 0 Å². The molecule has 0 spiro atoms. The van der Waals surface area contributed by atoms with E-state index in [-0.39, 0.29) is 35.9 Å². The number of quaternary nitrogens is 1. The molecule has 3 aliphatic rings. The SMILES string of the molecule is CC(CO)n1nc(-c2ccc(CC(=O)NC(=O)/C=C(\[NH3+])C34CC(C)(C3)C4)cc2)c(C#N)c1N. The zero-order chi connectivity index (χ0) is 24.0. The molecule has 3 fully saturated rings. The smallest absolute Gasteiger partial charge is 0.256 e. The number of aromatic nitrogens is 2. The number of anilines is 1. The van der Waals surface area contributed by atoms with E-state index >= 15 is 0 Å². The molecule has 5 rings (SSSR count). The summed E-state index contributed by atoms with van der Waals surface area (Å²) in [7, 11) is 0. The number of nitriles is 1. The number of hydrogen-bond donors (Lipinski definition) is 4. The number of imide groups is 1. The summed E-state index contributed by atoms with van der Waals surface area (Å²) in [5, 5.41) is 25.7. The third-order valence-electron chi connectivity index (χ3n) is 6.88. The van der Waals surface area contributed by atoms with E-state index < -0.39 is 11.8 Å². The molecule has 2 bridgehead atoms. The van der Waals surface area contributed by atoms with Crippen LogP contribution in [0.25, 0.3) is 11.3 Å². The molecule has 0 saturated heterocycles. The first-order valence-electron chi connectivity index (χ1n) is 11.0. The second-order valence-electron chi connectivity index (χ2n) is 9.77. The van der Waals surface area contributed by atoms with Gasteiger partial charge in [-0.05, 0) is 37.2 Å². The summed E-state index contributed by atoms with van der Waals surface area (Å²) in [4.78, 5) is 24.6. The Labute approximate surface area is 192 Å². The molecule has 9 heteroatoms. The monoisotopic (exact) mass is 449 g/mol. The topological polar surface area (TPSA) is 162 Å². The maximum absolute atomic E-state index is 12.3. The van der Waals surface area contributed by atoms with Crippen LogP contribution in [0.1, 0.15) is 50.3 Å². The van der Waals surface area contributed by atoms with Crippen LogP contribution in [0.15, 0.2) is 36.0 Å². The van der Waals surface area contributed by atoms with Crippen molar-refractivity contribution >= 4 is 17.6 Å². The van der Waals surface area contributed by atoms with Crippen molar-refractivity contribution in [1.82, 2.24) is 15.1 Å². The fourth-order valence-electron chi connectivity index (χ4n) is 5.30. The fraction of sp³-hybridized carbons (Fsp3) is 0.417. The van der Waals surface area contributed by atoms with Crippen LogP contribution in [0.5, 0.6) is 0 Å². The van der Waals surface area contributed by atoms with Crippen molar-refractivity contribution in [2.75, 3.05) is 12.3 Å². The predicted octanol–water partition coefficient (Wildman–Crippen LogP) is 1.06. The Bertz CT molecular complexity index is 1170. The number of carbonyl (C=O) groups excluding carboxylic acids is 2. The van der Waals surface area contributed by atoms with E-state index in [0.717, 1.165) is 25.0 Å². The predicted molar refractivity (Wildman–Crippen MR) is 121 cm³/mol. The van der Waals surface area contributed by atoms with E-state index in [4.69, 9.17) is 5.73 Å². The van der Waals surface area contributed by atoms with E-state index in [0.29, 0.717) is 22.2 Å². The van der Waals surface area contributed by atoms with Gasteiger partial charge in [0.25, 0.3) is 5.91 Å². The molecule has 3 aliphatic carbocycles. The van der Waals surface area contributed by atoms with Crippen LogP contribution in [0.2, 0.25) is 0 Å². The molecule has 1 aromatic heterocycles. The van der Waals surface area contributed by atoms with Crippen LogP contribution in [0.4, 0.5) is 5.82 Å². The number of carbonyl (C=O) groups is 2. The maximum atomic E-state index is 12.3. The summed E-state index contributed by atoms with van der Waals surface area (Å²) in [6.45, 7) is 3.83. The molecule has 1 atom stereocenters. The zero-order valence-corrected chi connectivity index (χ0v) is 18.9. The van der Waals surface area contributed by atoms with Gasteiger partial charge in [0.2, 0.25) is 5.91 Å². The molecule has 2 aromatic rings. The Morgan fingerprint density at radius 3 is 2.55 bits per heavy atom. The number of nitrogens with one attached hydrogen (secondary N) is 1. The third-order valence-corrected chi connectivity index (χ3v) is 6.88. The Hall–Kier alpha value is -3.48. The third kappa shape index (κ3) is 4.03. The van der Waals surface area contributed by atoms with E-state index in [9.17, 15) is 20.0 Å². The molecular weight excluding hydrogens is 420 g/mol. The lowest BCUT2D eigenvalue weighted by Gasteiger charge is -2.68. The van der Waals surface area contributed by atoms with Crippen LogP contribution < -0.4 is 16.8 Å². The molecule has 0 radical (unpaired) electrons. The van der Waals surface area contributed by atoms with Gasteiger partial charge in [0, 0.05) is 11.0 Å². The van der Waals surface area contributed by atoms with Crippen LogP contribution in [0, 0.1) is 22.2 Å². The number of nitrogen functional groups attached to an aromatic ring is 1. The second kappa shape index (κ2) is 8.14. The van der Waals surface area contributed by atoms with Gasteiger partial charge in [-0.3, -0.25) is 14.9 Å². The van der Waals surface area contributed by atoms with Gasteiger partial charge in [0.05, 0.1) is 25.1 Å². The lowest BCUT2D eigenvalue weighted by atomic mass is 9.35. The molecule has 2 amide bonds.